The predicted molar refractivity (Wildman–Crippen MR) is 268 cm³/mol. The first-order valence-corrected chi connectivity index (χ1v) is 28.0. The molecule has 0 unspecified atom stereocenters. The van der Waals surface area contributed by atoms with Crippen molar-refractivity contribution in [1.29, 1.82) is 0 Å². The van der Waals surface area contributed by atoms with E-state index in [1.807, 2.05) is 0 Å². The number of unbranched alkanes of at least 4 members (excludes halogenated alkanes) is 24. The van der Waals surface area contributed by atoms with E-state index in [0.717, 1.165) is 84.2 Å². The van der Waals surface area contributed by atoms with Crippen LogP contribution in [0.15, 0.2) is 0 Å². The molecule has 1 heterocycles. The van der Waals surface area contributed by atoms with Crippen molar-refractivity contribution in [3.8, 4) is 0 Å². The second-order valence-electron chi connectivity index (χ2n) is 19.9. The average Bonchev–Trinajstić information content (AvgIpc) is 3.28. The molecule has 7 heteroatoms. The fraction of sp³-hybridized carbons (Fsp3) is 0.964. The van der Waals surface area contributed by atoms with E-state index in [2.05, 4.69) is 42.8 Å². The maximum Gasteiger partial charge on any atom is 0.305 e. The number of nitrogens with one attached hydrogen (secondary N) is 1. The van der Waals surface area contributed by atoms with E-state index in [0.29, 0.717) is 37.3 Å². The van der Waals surface area contributed by atoms with E-state index in [4.69, 9.17) is 4.74 Å². The van der Waals surface area contributed by atoms with Gasteiger partial charge in [-0.2, -0.15) is 0 Å². The molecule has 1 aliphatic heterocycles. The highest BCUT2D eigenvalue weighted by Crippen LogP contribution is 2.22. The Morgan fingerprint density at radius 3 is 1.48 bits per heavy atom. The quantitative estimate of drug-likeness (QED) is 0.0468. The molecule has 1 amide bonds. The molecule has 2 N–H and O–H groups in total. The van der Waals surface area contributed by atoms with Gasteiger partial charge in [0.05, 0.1) is 13.2 Å². The number of carbonyl (C=O) groups excluding carboxylic acids is 2. The lowest BCUT2D eigenvalue weighted by atomic mass is 9.94. The number of rotatable bonds is 47. The molecule has 7 nitrogen and oxygen atoms in total. The smallest absolute Gasteiger partial charge is 0.305 e. The number of aliphatic hydroxyl groups is 1. The molecule has 1 saturated heterocycles. The van der Waals surface area contributed by atoms with Crippen LogP contribution >= 0.6 is 0 Å². The molecule has 0 aromatic carbocycles. The van der Waals surface area contributed by atoms with Gasteiger partial charge >= 0.3 is 5.97 Å². The van der Waals surface area contributed by atoms with Crippen molar-refractivity contribution in [2.24, 2.45) is 11.8 Å². The molecule has 0 aliphatic carbocycles. The Morgan fingerprint density at radius 2 is 0.984 bits per heavy atom. The van der Waals surface area contributed by atoms with E-state index in [1.54, 1.807) is 0 Å². The van der Waals surface area contributed by atoms with E-state index < -0.39 is 0 Å². The second-order valence-corrected chi connectivity index (χ2v) is 19.9. The maximum atomic E-state index is 12.8. The van der Waals surface area contributed by atoms with Crippen molar-refractivity contribution in [3.63, 3.8) is 0 Å². The average molecular weight is 876 g/mol. The third-order valence-corrected chi connectivity index (χ3v) is 14.1. The highest BCUT2D eigenvalue weighted by molar-refractivity contribution is 5.75. The van der Waals surface area contributed by atoms with Gasteiger partial charge in [0, 0.05) is 32.0 Å². The van der Waals surface area contributed by atoms with Crippen LogP contribution in [0.1, 0.15) is 272 Å². The lowest BCUT2D eigenvalue weighted by Crippen LogP contribution is -2.46. The molecule has 368 valence electrons. The van der Waals surface area contributed by atoms with E-state index in [9.17, 15) is 14.7 Å². The molecular weight excluding hydrogens is 767 g/mol. The summed E-state index contributed by atoms with van der Waals surface area (Å²) in [6, 6.07) is 0.535. The highest BCUT2D eigenvalue weighted by atomic mass is 16.5. The fourth-order valence-corrected chi connectivity index (χ4v) is 9.81. The Morgan fingerprint density at radius 1 is 0.548 bits per heavy atom. The zero-order valence-corrected chi connectivity index (χ0v) is 42.3. The summed E-state index contributed by atoms with van der Waals surface area (Å²) >= 11 is 0. The lowest BCUT2D eigenvalue weighted by molar-refractivity contribution is -0.145. The Kier molecular flexibility index (Phi) is 42.7. The van der Waals surface area contributed by atoms with Gasteiger partial charge in [0.2, 0.25) is 5.91 Å². The van der Waals surface area contributed by atoms with Crippen molar-refractivity contribution in [1.82, 2.24) is 15.1 Å². The number of amides is 1. The van der Waals surface area contributed by atoms with Gasteiger partial charge in [0.15, 0.2) is 0 Å². The highest BCUT2D eigenvalue weighted by Gasteiger charge is 2.24. The van der Waals surface area contributed by atoms with Crippen molar-refractivity contribution in [2.45, 2.75) is 278 Å². The molecule has 1 aliphatic rings. The molecule has 0 bridgehead atoms. The third kappa shape index (κ3) is 36.1. The van der Waals surface area contributed by atoms with Gasteiger partial charge in [-0.05, 0) is 102 Å². The van der Waals surface area contributed by atoms with Crippen LogP contribution in [0.25, 0.3) is 0 Å². The summed E-state index contributed by atoms with van der Waals surface area (Å²) in [4.78, 5) is 30.7. The summed E-state index contributed by atoms with van der Waals surface area (Å²) in [5, 5.41) is 13.2. The first-order valence-electron chi connectivity index (χ1n) is 28.0. The Labute approximate surface area is 387 Å². The zero-order chi connectivity index (χ0) is 45.0. The standard InChI is InChI=1S/C55H109N3O4/c1-5-9-13-17-21-27-35-51(36-28-22-18-14-10-6-2)49-56-54(60)39-31-25-33-43-57-45-41-53(42-46-57)58(47-48-59)44-34-26-32-40-55(61)62-50-52(37-29-23-19-15-11-7-3)38-30-24-20-16-12-8-4/h51-53,59H,5-50H2,1-4H3,(H,56,60). The molecular formula is C55H109N3O4. The molecule has 0 spiro atoms. The predicted octanol–water partition coefficient (Wildman–Crippen LogP) is 14.8. The van der Waals surface area contributed by atoms with Gasteiger partial charge in [-0.15, -0.1) is 0 Å². The summed E-state index contributed by atoms with van der Waals surface area (Å²) in [6.07, 6.45) is 46.7. The number of likely N-dealkylation sites (tertiary alicyclic amines) is 1. The topological polar surface area (TPSA) is 82.1 Å². The van der Waals surface area contributed by atoms with Gasteiger partial charge in [-0.1, -0.05) is 195 Å². The number of esters is 1. The summed E-state index contributed by atoms with van der Waals surface area (Å²) in [5.41, 5.74) is 0. The minimum atomic E-state index is -0.00921. The number of aliphatic hydroxyl groups excluding tert-OH is 1. The summed E-state index contributed by atoms with van der Waals surface area (Å²) in [6.45, 7) is 15.9. The molecule has 0 saturated carbocycles. The lowest BCUT2D eigenvalue weighted by Gasteiger charge is -2.38. The van der Waals surface area contributed by atoms with Crippen LogP contribution in [-0.4, -0.2) is 85.3 Å². The molecule has 62 heavy (non-hydrogen) atoms. The van der Waals surface area contributed by atoms with Crippen molar-refractivity contribution >= 4 is 11.9 Å². The Balaban J connectivity index is 2.27. The van der Waals surface area contributed by atoms with Gasteiger partial charge in [0.25, 0.3) is 0 Å². The maximum absolute atomic E-state index is 12.8. The van der Waals surface area contributed by atoms with Crippen LogP contribution in [0.3, 0.4) is 0 Å². The molecule has 0 aromatic heterocycles. The minimum Gasteiger partial charge on any atom is -0.465 e. The van der Waals surface area contributed by atoms with Crippen molar-refractivity contribution < 1.29 is 19.4 Å². The van der Waals surface area contributed by atoms with Gasteiger partial charge in [-0.25, -0.2) is 0 Å². The monoisotopic (exact) mass is 876 g/mol. The number of carbonyl (C=O) groups is 2. The van der Waals surface area contributed by atoms with Crippen LogP contribution in [-0.2, 0) is 14.3 Å². The van der Waals surface area contributed by atoms with Crippen LogP contribution in [0, 0.1) is 11.8 Å². The van der Waals surface area contributed by atoms with E-state index >= 15 is 0 Å². The van der Waals surface area contributed by atoms with Crippen LogP contribution < -0.4 is 5.32 Å². The first-order chi connectivity index (χ1) is 30.5. The summed E-state index contributed by atoms with van der Waals surface area (Å²) in [5.74, 6) is 1.41. The molecule has 1 rings (SSSR count). The van der Waals surface area contributed by atoms with Crippen LogP contribution in [0.4, 0.5) is 0 Å². The van der Waals surface area contributed by atoms with Gasteiger partial charge < -0.3 is 20.1 Å². The number of hydrogen-bond donors (Lipinski definition) is 2. The number of hydrogen-bond acceptors (Lipinski definition) is 6. The van der Waals surface area contributed by atoms with E-state index in [1.165, 1.54) is 186 Å². The minimum absolute atomic E-state index is 0.00921. The number of ether oxygens (including phenoxy) is 1. The molecule has 1 fully saturated rings. The normalized spacial score (nSPS) is 13.9. The van der Waals surface area contributed by atoms with Crippen molar-refractivity contribution in [3.05, 3.63) is 0 Å². The van der Waals surface area contributed by atoms with Gasteiger partial charge in [-0.3, -0.25) is 14.5 Å². The van der Waals surface area contributed by atoms with Crippen molar-refractivity contribution in [2.75, 3.05) is 52.5 Å². The Bertz CT molecular complexity index is 925. The zero-order valence-electron chi connectivity index (χ0n) is 42.3. The van der Waals surface area contributed by atoms with Gasteiger partial charge in [0.1, 0.15) is 0 Å². The van der Waals surface area contributed by atoms with E-state index in [-0.39, 0.29) is 18.5 Å². The largest absolute Gasteiger partial charge is 0.465 e. The number of piperidine rings is 1. The first kappa shape index (κ1) is 58.8. The molecule has 0 radical (unpaired) electrons. The third-order valence-electron chi connectivity index (χ3n) is 14.1. The summed E-state index contributed by atoms with van der Waals surface area (Å²) < 4.78 is 5.87. The molecule has 0 atom stereocenters. The second kappa shape index (κ2) is 45.0. The van der Waals surface area contributed by atoms with Crippen LogP contribution in [0.5, 0.6) is 0 Å². The molecule has 0 aromatic rings. The summed E-state index contributed by atoms with van der Waals surface area (Å²) in [7, 11) is 0. The SMILES string of the molecule is CCCCCCCCC(CCCCCCCC)CNC(=O)CCCCCN1CCC(N(CCO)CCCCCC(=O)OCC(CCCCCCCC)CCCCCCCC)CC1. The fourth-order valence-electron chi connectivity index (χ4n) is 9.81. The Hall–Kier alpha value is -1.18. The van der Waals surface area contributed by atoms with Crippen LogP contribution in [0.2, 0.25) is 0 Å². The number of nitrogens with zero attached hydrogens (tertiary/aromatic N) is 2.